The molecule has 2 heteroatoms. The van der Waals surface area contributed by atoms with Crippen LogP contribution in [0.4, 0.5) is 0 Å². The van der Waals surface area contributed by atoms with Crippen molar-refractivity contribution in [2.75, 3.05) is 0 Å². The highest BCUT2D eigenvalue weighted by atomic mass is 35.5. The summed E-state index contributed by atoms with van der Waals surface area (Å²) in [5.74, 6) is 0. The first kappa shape index (κ1) is 7.58. The molecule has 0 aromatic heterocycles. The van der Waals surface area contributed by atoms with Crippen molar-refractivity contribution in [3.63, 3.8) is 0 Å². The van der Waals surface area contributed by atoms with Crippen molar-refractivity contribution in [3.05, 3.63) is 34.3 Å². The second-order valence-electron chi connectivity index (χ2n) is 2.25. The molecule has 0 aliphatic rings. The van der Waals surface area contributed by atoms with Gasteiger partial charge in [0.25, 0.3) is 0 Å². The number of aryl methyl sites for hydroxylation is 1. The van der Waals surface area contributed by atoms with E-state index in [1.807, 2.05) is 25.1 Å². The molecule has 0 aliphatic carbocycles. The van der Waals surface area contributed by atoms with E-state index in [0.29, 0.717) is 5.02 Å². The number of hydrogen-bond acceptors (Lipinski definition) is 1. The van der Waals surface area contributed by atoms with Crippen molar-refractivity contribution in [3.8, 4) is 0 Å². The van der Waals surface area contributed by atoms with Gasteiger partial charge in [-0.15, -0.1) is 0 Å². The highest BCUT2D eigenvalue weighted by molar-refractivity contribution is 6.31. The number of aliphatic hydroxyl groups excluding tert-OH is 1. The summed E-state index contributed by atoms with van der Waals surface area (Å²) in [7, 11) is 0. The third-order valence-corrected chi connectivity index (χ3v) is 1.73. The van der Waals surface area contributed by atoms with Crippen molar-refractivity contribution in [1.82, 2.24) is 0 Å². The van der Waals surface area contributed by atoms with Crippen LogP contribution in [-0.2, 0) is 6.61 Å². The molecule has 0 spiro atoms. The van der Waals surface area contributed by atoms with Crippen LogP contribution < -0.4 is 0 Å². The molecule has 0 saturated carbocycles. The Balaban J connectivity index is 3.07. The van der Waals surface area contributed by atoms with Crippen LogP contribution in [-0.4, -0.2) is 5.11 Å². The Hall–Kier alpha value is -0.530. The van der Waals surface area contributed by atoms with Crippen LogP contribution in [0, 0.1) is 6.92 Å². The Morgan fingerprint density at radius 3 is 2.70 bits per heavy atom. The average molecular weight is 157 g/mol. The van der Waals surface area contributed by atoms with Crippen LogP contribution in [0.3, 0.4) is 0 Å². The van der Waals surface area contributed by atoms with Gasteiger partial charge in [0.1, 0.15) is 0 Å². The van der Waals surface area contributed by atoms with E-state index in [1.54, 1.807) is 0 Å². The molecule has 10 heavy (non-hydrogen) atoms. The van der Waals surface area contributed by atoms with Gasteiger partial charge in [0.05, 0.1) is 6.61 Å². The van der Waals surface area contributed by atoms with Crippen molar-refractivity contribution >= 4 is 11.6 Å². The first-order valence-corrected chi connectivity index (χ1v) is 3.47. The van der Waals surface area contributed by atoms with Crippen molar-refractivity contribution in [1.29, 1.82) is 0 Å². The molecular formula is C8H9ClO. The van der Waals surface area contributed by atoms with Crippen molar-refractivity contribution in [2.45, 2.75) is 13.5 Å². The minimum absolute atomic E-state index is 0.0130. The third kappa shape index (κ3) is 1.49. The second-order valence-corrected chi connectivity index (χ2v) is 2.66. The smallest absolute Gasteiger partial charge is 0.0696 e. The van der Waals surface area contributed by atoms with E-state index in [4.69, 9.17) is 16.7 Å². The third-order valence-electron chi connectivity index (χ3n) is 1.38. The molecule has 54 valence electrons. The molecule has 1 N–H and O–H groups in total. The van der Waals surface area contributed by atoms with Gasteiger partial charge in [0, 0.05) is 5.02 Å². The fourth-order valence-electron chi connectivity index (χ4n) is 0.781. The number of rotatable bonds is 1. The maximum absolute atomic E-state index is 8.72. The molecule has 1 nitrogen and oxygen atoms in total. The molecule has 0 aliphatic heterocycles. The van der Waals surface area contributed by atoms with Crippen LogP contribution in [0.5, 0.6) is 0 Å². The van der Waals surface area contributed by atoms with Gasteiger partial charge in [0.2, 0.25) is 0 Å². The van der Waals surface area contributed by atoms with E-state index in [-0.39, 0.29) is 6.61 Å². The summed E-state index contributed by atoms with van der Waals surface area (Å²) in [5, 5.41) is 9.37. The molecule has 0 bridgehead atoms. The molecule has 0 heterocycles. The van der Waals surface area contributed by atoms with E-state index in [9.17, 15) is 0 Å². The fraction of sp³-hybridized carbons (Fsp3) is 0.250. The van der Waals surface area contributed by atoms with E-state index >= 15 is 0 Å². The quantitative estimate of drug-likeness (QED) is 0.661. The molecule has 0 amide bonds. The normalized spacial score (nSPS) is 9.90. The molecule has 1 rings (SSSR count). The predicted molar refractivity (Wildman–Crippen MR) is 42.1 cm³/mol. The zero-order valence-corrected chi connectivity index (χ0v) is 6.52. The molecule has 0 fully saturated rings. The zero-order valence-electron chi connectivity index (χ0n) is 5.76. The average Bonchev–Trinajstić information content (AvgIpc) is 1.88. The maximum Gasteiger partial charge on any atom is 0.0696 e. The summed E-state index contributed by atoms with van der Waals surface area (Å²) in [6, 6.07) is 5.60. The highest BCUT2D eigenvalue weighted by Gasteiger charge is 1.96. The van der Waals surface area contributed by atoms with Gasteiger partial charge in [-0.1, -0.05) is 23.7 Å². The van der Waals surface area contributed by atoms with Crippen molar-refractivity contribution < 1.29 is 5.11 Å². The Kier molecular flexibility index (Phi) is 2.30. The lowest BCUT2D eigenvalue weighted by atomic mass is 10.2. The summed E-state index contributed by atoms with van der Waals surface area (Å²) in [5.41, 5.74) is 1.90. The summed E-state index contributed by atoms with van der Waals surface area (Å²) in [6.07, 6.45) is 0. The minimum Gasteiger partial charge on any atom is -0.392 e. The lowest BCUT2D eigenvalue weighted by Crippen LogP contribution is -1.84. The lowest BCUT2D eigenvalue weighted by Gasteiger charge is -1.99. The molecule has 1 aromatic carbocycles. The molecule has 0 radical (unpaired) electrons. The number of benzene rings is 1. The van der Waals surface area contributed by atoms with E-state index in [2.05, 4.69) is 0 Å². The topological polar surface area (TPSA) is 20.2 Å². The molecule has 0 unspecified atom stereocenters. The van der Waals surface area contributed by atoms with Gasteiger partial charge >= 0.3 is 0 Å². The van der Waals surface area contributed by atoms with Crippen molar-refractivity contribution in [2.24, 2.45) is 0 Å². The SMILES string of the molecule is Cc1ccc(CO)c(Cl)c1. The van der Waals surface area contributed by atoms with E-state index in [0.717, 1.165) is 11.1 Å². The summed E-state index contributed by atoms with van der Waals surface area (Å²) >= 11 is 5.77. The largest absolute Gasteiger partial charge is 0.392 e. The van der Waals surface area contributed by atoms with E-state index in [1.165, 1.54) is 0 Å². The first-order valence-electron chi connectivity index (χ1n) is 3.10. The monoisotopic (exact) mass is 156 g/mol. The van der Waals surface area contributed by atoms with Gasteiger partial charge in [0.15, 0.2) is 0 Å². The number of halogens is 1. The first-order chi connectivity index (χ1) is 4.74. The van der Waals surface area contributed by atoms with Crippen LogP contribution in [0.25, 0.3) is 0 Å². The van der Waals surface area contributed by atoms with Crippen LogP contribution in [0.2, 0.25) is 5.02 Å². The predicted octanol–water partition coefficient (Wildman–Crippen LogP) is 2.14. The highest BCUT2D eigenvalue weighted by Crippen LogP contribution is 2.16. The fourth-order valence-corrected chi connectivity index (χ4v) is 1.08. The molecule has 1 aromatic rings. The van der Waals surface area contributed by atoms with Crippen LogP contribution in [0.1, 0.15) is 11.1 Å². The minimum atomic E-state index is 0.0130. The molecule has 0 saturated heterocycles. The Bertz CT molecular complexity index is 233. The Morgan fingerprint density at radius 2 is 2.20 bits per heavy atom. The number of hydrogen-bond donors (Lipinski definition) is 1. The van der Waals surface area contributed by atoms with Crippen LogP contribution >= 0.6 is 11.6 Å². The van der Waals surface area contributed by atoms with Gasteiger partial charge in [-0.3, -0.25) is 0 Å². The van der Waals surface area contributed by atoms with Crippen LogP contribution in [0.15, 0.2) is 18.2 Å². The zero-order chi connectivity index (χ0) is 7.56. The Morgan fingerprint density at radius 1 is 1.50 bits per heavy atom. The summed E-state index contributed by atoms with van der Waals surface area (Å²) in [4.78, 5) is 0. The summed E-state index contributed by atoms with van der Waals surface area (Å²) < 4.78 is 0. The van der Waals surface area contributed by atoms with Gasteiger partial charge in [-0.05, 0) is 24.1 Å². The van der Waals surface area contributed by atoms with Gasteiger partial charge < -0.3 is 5.11 Å². The Labute approximate surface area is 65.3 Å². The maximum atomic E-state index is 8.72. The second kappa shape index (κ2) is 3.04. The van der Waals surface area contributed by atoms with E-state index < -0.39 is 0 Å². The number of aliphatic hydroxyl groups is 1. The lowest BCUT2D eigenvalue weighted by molar-refractivity contribution is 0.282. The standard InChI is InChI=1S/C8H9ClO/c1-6-2-3-7(5-10)8(9)4-6/h2-4,10H,5H2,1H3. The summed E-state index contributed by atoms with van der Waals surface area (Å²) in [6.45, 7) is 1.98. The van der Waals surface area contributed by atoms with Gasteiger partial charge in [-0.25, -0.2) is 0 Å². The van der Waals surface area contributed by atoms with Gasteiger partial charge in [-0.2, -0.15) is 0 Å². The molecular weight excluding hydrogens is 148 g/mol. The molecule has 0 atom stereocenters.